The second kappa shape index (κ2) is 13.7. The zero-order valence-electron chi connectivity index (χ0n) is 23.7. The van der Waals surface area contributed by atoms with E-state index in [1.165, 1.54) is 34.8 Å². The number of hydrogen-bond donors (Lipinski definition) is 2. The van der Waals surface area contributed by atoms with Crippen molar-refractivity contribution in [3.63, 3.8) is 0 Å². The Morgan fingerprint density at radius 2 is 1.73 bits per heavy atom. The van der Waals surface area contributed by atoms with E-state index in [1.807, 2.05) is 0 Å². The van der Waals surface area contributed by atoms with E-state index in [1.54, 1.807) is 0 Å². The third-order valence-electron chi connectivity index (χ3n) is 7.97. The molecule has 2 fully saturated rings. The average molecular weight is 638 g/mol. The van der Waals surface area contributed by atoms with Gasteiger partial charge in [-0.3, -0.25) is 9.78 Å². The second-order valence-corrected chi connectivity index (χ2v) is 12.8. The molecule has 0 radical (unpaired) electrons. The fraction of sp³-hybridized carbons (Fsp3) is 0.400. The predicted octanol–water partition coefficient (Wildman–Crippen LogP) is 4.29. The van der Waals surface area contributed by atoms with Crippen LogP contribution in [0.4, 0.5) is 27.6 Å². The number of nitrogens with one attached hydrogen (secondary N) is 2. The number of rotatable bonds is 10. The lowest BCUT2D eigenvalue weighted by molar-refractivity contribution is -0.116. The molecule has 44 heavy (non-hydrogen) atoms. The van der Waals surface area contributed by atoms with Gasteiger partial charge in [0.25, 0.3) is 10.2 Å². The van der Waals surface area contributed by atoms with E-state index in [2.05, 4.69) is 15.6 Å². The van der Waals surface area contributed by atoms with Crippen molar-refractivity contribution in [3.05, 3.63) is 94.8 Å². The first-order valence-corrected chi connectivity index (χ1v) is 15.7. The van der Waals surface area contributed by atoms with Crippen LogP contribution in [0, 0.1) is 23.3 Å². The number of halogens is 5. The van der Waals surface area contributed by atoms with Crippen LogP contribution >= 0.6 is 0 Å². The number of anilines is 1. The minimum Gasteiger partial charge on any atom is -0.324 e. The van der Waals surface area contributed by atoms with Crippen molar-refractivity contribution >= 4 is 21.8 Å². The first-order chi connectivity index (χ1) is 21.0. The quantitative estimate of drug-likeness (QED) is 0.324. The van der Waals surface area contributed by atoms with E-state index in [4.69, 9.17) is 0 Å². The molecule has 2 aromatic carbocycles. The van der Waals surface area contributed by atoms with Gasteiger partial charge in [-0.25, -0.2) is 22.0 Å². The average Bonchev–Trinajstić information content (AvgIpc) is 3.43. The van der Waals surface area contributed by atoms with E-state index in [0.29, 0.717) is 24.7 Å². The smallest absolute Gasteiger partial charge is 0.282 e. The van der Waals surface area contributed by atoms with Crippen LogP contribution < -0.4 is 10.6 Å². The number of piperazine rings is 1. The van der Waals surface area contributed by atoms with Gasteiger partial charge < -0.3 is 10.6 Å². The Kier molecular flexibility index (Phi) is 9.93. The Balaban J connectivity index is 1.33. The number of aromatic nitrogens is 1. The molecule has 1 amide bonds. The standard InChI is InChI=1S/C30H32F5N5O3S/c31-21-3-1-19(2-4-21)27(20-11-23(33)13-24(34)12-20)14-30(41)38-29-17-37-16-28(35)26(29)6-5-25-15-36-8-10-40(25)44(42,43)39-9-7-22(32)18-39/h1-4,11-13,16-17,22,25,27,36H,5-10,14-15,18H2,(H,38,41)/t22-,25-,27-/m0/s1. The maximum Gasteiger partial charge on any atom is 0.282 e. The lowest BCUT2D eigenvalue weighted by Crippen LogP contribution is -2.57. The first kappa shape index (κ1) is 31.9. The first-order valence-electron chi connectivity index (χ1n) is 14.3. The van der Waals surface area contributed by atoms with Gasteiger partial charge in [0.2, 0.25) is 5.91 Å². The zero-order valence-corrected chi connectivity index (χ0v) is 24.5. The summed E-state index contributed by atoms with van der Waals surface area (Å²) in [6, 6.07) is 7.52. The number of amides is 1. The Hall–Kier alpha value is -3.46. The lowest BCUT2D eigenvalue weighted by atomic mass is 9.88. The predicted molar refractivity (Wildman–Crippen MR) is 154 cm³/mol. The number of alkyl halides is 1. The van der Waals surface area contributed by atoms with Gasteiger partial charge >= 0.3 is 0 Å². The molecule has 3 heterocycles. The van der Waals surface area contributed by atoms with Gasteiger partial charge in [-0.1, -0.05) is 12.1 Å². The molecule has 0 spiro atoms. The van der Waals surface area contributed by atoms with Crippen LogP contribution in [0.3, 0.4) is 0 Å². The van der Waals surface area contributed by atoms with Gasteiger partial charge in [0, 0.05) is 62.7 Å². The van der Waals surface area contributed by atoms with Gasteiger partial charge in [-0.05, 0) is 54.7 Å². The van der Waals surface area contributed by atoms with Crippen LogP contribution in [-0.4, -0.2) is 72.9 Å². The van der Waals surface area contributed by atoms with Gasteiger partial charge in [-0.15, -0.1) is 0 Å². The van der Waals surface area contributed by atoms with Crippen LogP contribution in [0.2, 0.25) is 0 Å². The van der Waals surface area contributed by atoms with Gasteiger partial charge in [-0.2, -0.15) is 17.0 Å². The van der Waals surface area contributed by atoms with Crippen molar-refractivity contribution < 1.29 is 35.2 Å². The molecule has 0 unspecified atom stereocenters. The largest absolute Gasteiger partial charge is 0.324 e. The molecule has 1 aromatic heterocycles. The minimum absolute atomic E-state index is 0.0462. The van der Waals surface area contributed by atoms with E-state index >= 15 is 4.39 Å². The molecule has 3 atom stereocenters. The summed E-state index contributed by atoms with van der Waals surface area (Å²) in [7, 11) is -3.93. The van der Waals surface area contributed by atoms with E-state index in [0.717, 1.165) is 22.6 Å². The Morgan fingerprint density at radius 1 is 1.00 bits per heavy atom. The van der Waals surface area contributed by atoms with E-state index < -0.39 is 57.5 Å². The number of benzene rings is 2. The molecule has 2 N–H and O–H groups in total. The summed E-state index contributed by atoms with van der Waals surface area (Å²) in [6.07, 6.45) is 1.11. The second-order valence-electron chi connectivity index (χ2n) is 11.0. The number of carbonyl (C=O) groups excluding carboxylic acids is 1. The topological polar surface area (TPSA) is 94.6 Å². The monoisotopic (exact) mass is 637 g/mol. The molecule has 0 aliphatic carbocycles. The lowest BCUT2D eigenvalue weighted by Gasteiger charge is -2.37. The van der Waals surface area contributed by atoms with Crippen molar-refractivity contribution in [1.29, 1.82) is 0 Å². The van der Waals surface area contributed by atoms with Crippen LogP contribution in [0.5, 0.6) is 0 Å². The zero-order chi connectivity index (χ0) is 31.4. The third-order valence-corrected chi connectivity index (χ3v) is 10.0. The number of hydrogen-bond acceptors (Lipinski definition) is 5. The van der Waals surface area contributed by atoms with E-state index in [9.17, 15) is 30.8 Å². The Bertz CT molecular complexity index is 1570. The van der Waals surface area contributed by atoms with Crippen LogP contribution in [0.1, 0.15) is 41.9 Å². The number of carbonyl (C=O) groups is 1. The SMILES string of the molecule is O=C(C[C@@H](c1ccc(F)cc1)c1cc(F)cc(F)c1)Nc1cncc(F)c1CC[C@H]1CNCCN1S(=O)(=O)N1CC[C@H](F)C1. The van der Waals surface area contributed by atoms with Crippen LogP contribution in [-0.2, 0) is 21.4 Å². The van der Waals surface area contributed by atoms with Gasteiger partial charge in [0.05, 0.1) is 18.1 Å². The third kappa shape index (κ3) is 7.42. The molecule has 8 nitrogen and oxygen atoms in total. The molecule has 5 rings (SSSR count). The Labute approximate surface area is 252 Å². The summed E-state index contributed by atoms with van der Waals surface area (Å²) < 4.78 is 99.6. The summed E-state index contributed by atoms with van der Waals surface area (Å²) in [5.74, 6) is -4.38. The normalized spacial score (nSPS) is 20.5. The van der Waals surface area contributed by atoms with Crippen molar-refractivity contribution in [2.45, 2.75) is 43.8 Å². The summed E-state index contributed by atoms with van der Waals surface area (Å²) in [6.45, 7) is 0.794. The highest BCUT2D eigenvalue weighted by Gasteiger charge is 2.40. The highest BCUT2D eigenvalue weighted by molar-refractivity contribution is 7.86. The maximum atomic E-state index is 15.1. The van der Waals surface area contributed by atoms with Crippen molar-refractivity contribution in [3.8, 4) is 0 Å². The highest BCUT2D eigenvalue weighted by Crippen LogP contribution is 2.31. The van der Waals surface area contributed by atoms with Crippen LogP contribution in [0.25, 0.3) is 0 Å². The summed E-state index contributed by atoms with van der Waals surface area (Å²) in [4.78, 5) is 17.1. The molecule has 2 aliphatic heterocycles. The van der Waals surface area contributed by atoms with E-state index in [-0.39, 0.29) is 62.1 Å². The summed E-state index contributed by atoms with van der Waals surface area (Å²) in [5.41, 5.74) is 0.769. The van der Waals surface area contributed by atoms with Crippen molar-refractivity contribution in [2.75, 3.05) is 38.0 Å². The number of nitrogens with zero attached hydrogens (tertiary/aromatic N) is 3. The fourth-order valence-electron chi connectivity index (χ4n) is 5.76. The van der Waals surface area contributed by atoms with Gasteiger partial charge in [0.15, 0.2) is 0 Å². The number of pyridine rings is 1. The molecular formula is C30H32F5N5O3S. The Morgan fingerprint density at radius 3 is 2.41 bits per heavy atom. The maximum absolute atomic E-state index is 15.1. The molecule has 14 heteroatoms. The minimum atomic E-state index is -3.93. The fourth-order valence-corrected chi connectivity index (χ4v) is 7.62. The summed E-state index contributed by atoms with van der Waals surface area (Å²) in [5, 5.41) is 5.79. The van der Waals surface area contributed by atoms with Crippen LogP contribution in [0.15, 0.2) is 54.9 Å². The van der Waals surface area contributed by atoms with Gasteiger partial charge in [0.1, 0.15) is 29.4 Å². The highest BCUT2D eigenvalue weighted by atomic mass is 32.2. The van der Waals surface area contributed by atoms with Crippen molar-refractivity contribution in [1.82, 2.24) is 18.9 Å². The molecule has 2 saturated heterocycles. The van der Waals surface area contributed by atoms with Crippen molar-refractivity contribution in [2.24, 2.45) is 0 Å². The molecule has 0 saturated carbocycles. The molecule has 2 aliphatic rings. The molecule has 0 bridgehead atoms. The molecule has 236 valence electrons. The summed E-state index contributed by atoms with van der Waals surface area (Å²) >= 11 is 0. The molecular weight excluding hydrogens is 605 g/mol. The molecule has 3 aromatic rings.